The molecule has 3 aromatic rings. The van der Waals surface area contributed by atoms with Crippen molar-refractivity contribution in [2.75, 3.05) is 4.72 Å². The summed E-state index contributed by atoms with van der Waals surface area (Å²) in [6, 6.07) is 16.3. The Bertz CT molecular complexity index is 926. The van der Waals surface area contributed by atoms with Crippen molar-refractivity contribution in [3.63, 3.8) is 0 Å². The zero-order valence-corrected chi connectivity index (χ0v) is 13.6. The van der Waals surface area contributed by atoms with Crippen LogP contribution in [-0.4, -0.2) is 18.4 Å². The second-order valence-electron chi connectivity index (χ2n) is 5.08. The van der Waals surface area contributed by atoms with Gasteiger partial charge in [-0.1, -0.05) is 48.5 Å². The average molecular weight is 340 g/mol. The Morgan fingerprint density at radius 3 is 2.21 bits per heavy atom. The summed E-state index contributed by atoms with van der Waals surface area (Å²) in [4.78, 5) is 8.28. The van der Waals surface area contributed by atoms with Gasteiger partial charge in [0.2, 0.25) is 0 Å². The maximum Gasteiger partial charge on any atom is 0.264 e. The molecule has 122 valence electrons. The van der Waals surface area contributed by atoms with Gasteiger partial charge in [0.05, 0.1) is 18.1 Å². The number of rotatable bonds is 5. The van der Waals surface area contributed by atoms with Gasteiger partial charge in [0.1, 0.15) is 4.90 Å². The van der Waals surface area contributed by atoms with E-state index in [2.05, 4.69) is 14.7 Å². The van der Waals surface area contributed by atoms with Crippen molar-refractivity contribution in [2.24, 2.45) is 5.73 Å². The molecule has 6 nitrogen and oxygen atoms in total. The molecule has 24 heavy (non-hydrogen) atoms. The minimum Gasteiger partial charge on any atom is -0.326 e. The Balaban J connectivity index is 1.88. The van der Waals surface area contributed by atoms with Crippen LogP contribution in [0.5, 0.6) is 0 Å². The predicted molar refractivity (Wildman–Crippen MR) is 92.6 cm³/mol. The lowest BCUT2D eigenvalue weighted by molar-refractivity contribution is 0.600. The van der Waals surface area contributed by atoms with E-state index in [-0.39, 0.29) is 11.4 Å². The first kappa shape index (κ1) is 16.1. The lowest BCUT2D eigenvalue weighted by atomic mass is 10.2. The van der Waals surface area contributed by atoms with Crippen molar-refractivity contribution in [1.82, 2.24) is 9.97 Å². The Hall–Kier alpha value is -2.77. The molecule has 3 N–H and O–H groups in total. The molecular weight excluding hydrogens is 324 g/mol. The van der Waals surface area contributed by atoms with Crippen molar-refractivity contribution in [3.8, 4) is 11.4 Å². The van der Waals surface area contributed by atoms with E-state index >= 15 is 0 Å². The molecule has 0 radical (unpaired) electrons. The van der Waals surface area contributed by atoms with Crippen molar-refractivity contribution in [2.45, 2.75) is 11.4 Å². The Morgan fingerprint density at radius 2 is 1.54 bits per heavy atom. The molecule has 0 bridgehead atoms. The third-order valence-electron chi connectivity index (χ3n) is 3.45. The molecule has 7 heteroatoms. The molecule has 0 aliphatic heterocycles. The number of nitrogens with zero attached hydrogens (tertiary/aromatic N) is 2. The van der Waals surface area contributed by atoms with Crippen molar-refractivity contribution >= 4 is 15.7 Å². The van der Waals surface area contributed by atoms with Gasteiger partial charge in [-0.3, -0.25) is 4.72 Å². The first-order valence-corrected chi connectivity index (χ1v) is 8.77. The first-order chi connectivity index (χ1) is 11.6. The fourth-order valence-corrected chi connectivity index (χ4v) is 3.18. The van der Waals surface area contributed by atoms with Gasteiger partial charge in [-0.05, 0) is 11.6 Å². The highest BCUT2D eigenvalue weighted by atomic mass is 32.2. The van der Waals surface area contributed by atoms with Crippen LogP contribution in [0.1, 0.15) is 5.56 Å². The highest BCUT2D eigenvalue weighted by Crippen LogP contribution is 2.20. The van der Waals surface area contributed by atoms with Gasteiger partial charge in [-0.2, -0.15) is 0 Å². The largest absolute Gasteiger partial charge is 0.326 e. The number of sulfonamides is 1. The zero-order chi connectivity index (χ0) is 17.0. The van der Waals surface area contributed by atoms with Crippen LogP contribution in [0.3, 0.4) is 0 Å². The highest BCUT2D eigenvalue weighted by Gasteiger charge is 2.17. The summed E-state index contributed by atoms with van der Waals surface area (Å²) >= 11 is 0. The molecule has 0 spiro atoms. The van der Waals surface area contributed by atoms with Crippen LogP contribution in [0.2, 0.25) is 0 Å². The third kappa shape index (κ3) is 3.42. The minimum absolute atomic E-state index is 0.00555. The number of aromatic nitrogens is 2. The SMILES string of the molecule is NCc1ccccc1NS(=O)(=O)c1cnc(-c2ccccc2)nc1. The maximum atomic E-state index is 12.5. The molecule has 0 saturated carbocycles. The fraction of sp³-hybridized carbons (Fsp3) is 0.0588. The van der Waals surface area contributed by atoms with E-state index in [0.717, 1.165) is 5.56 Å². The quantitative estimate of drug-likeness (QED) is 0.743. The normalized spacial score (nSPS) is 11.2. The second kappa shape index (κ2) is 6.77. The Labute approximate surface area is 140 Å². The summed E-state index contributed by atoms with van der Waals surface area (Å²) in [5.41, 5.74) is 7.62. The number of nitrogens with two attached hydrogens (primary N) is 1. The Kier molecular flexibility index (Phi) is 4.54. The van der Waals surface area contributed by atoms with Crippen LogP contribution in [-0.2, 0) is 16.6 Å². The van der Waals surface area contributed by atoms with Crippen molar-refractivity contribution in [1.29, 1.82) is 0 Å². The fourth-order valence-electron chi connectivity index (χ4n) is 2.19. The standard InChI is InChI=1S/C17H16N4O2S/c18-10-14-8-4-5-9-16(14)21-24(22,23)15-11-19-17(20-12-15)13-6-2-1-3-7-13/h1-9,11-12,21H,10,18H2. The zero-order valence-electron chi connectivity index (χ0n) is 12.8. The van der Waals surface area contributed by atoms with Gasteiger partial charge < -0.3 is 5.73 Å². The summed E-state index contributed by atoms with van der Waals surface area (Å²) in [6.45, 7) is 0.238. The summed E-state index contributed by atoms with van der Waals surface area (Å²) < 4.78 is 27.5. The summed E-state index contributed by atoms with van der Waals surface area (Å²) in [7, 11) is -3.78. The highest BCUT2D eigenvalue weighted by molar-refractivity contribution is 7.92. The van der Waals surface area contributed by atoms with Crippen LogP contribution < -0.4 is 10.5 Å². The topological polar surface area (TPSA) is 98.0 Å². The Morgan fingerprint density at radius 1 is 0.917 bits per heavy atom. The minimum atomic E-state index is -3.78. The number of benzene rings is 2. The molecule has 2 aromatic carbocycles. The van der Waals surface area contributed by atoms with Gasteiger partial charge in [0.15, 0.2) is 5.82 Å². The van der Waals surface area contributed by atoms with E-state index in [4.69, 9.17) is 5.73 Å². The van der Waals surface area contributed by atoms with E-state index in [0.29, 0.717) is 17.1 Å². The predicted octanol–water partition coefficient (Wildman–Crippen LogP) is 2.40. The molecule has 0 aliphatic carbocycles. The monoisotopic (exact) mass is 340 g/mol. The van der Waals surface area contributed by atoms with Crippen LogP contribution in [0.4, 0.5) is 5.69 Å². The number of para-hydroxylation sites is 1. The molecule has 1 aromatic heterocycles. The van der Waals surface area contributed by atoms with Crippen LogP contribution in [0, 0.1) is 0 Å². The van der Waals surface area contributed by atoms with Gasteiger partial charge in [-0.25, -0.2) is 18.4 Å². The molecular formula is C17H16N4O2S. The lowest BCUT2D eigenvalue weighted by Gasteiger charge is -2.11. The summed E-state index contributed by atoms with van der Waals surface area (Å²) in [6.07, 6.45) is 2.59. The van der Waals surface area contributed by atoms with E-state index in [1.54, 1.807) is 24.3 Å². The smallest absolute Gasteiger partial charge is 0.264 e. The number of anilines is 1. The molecule has 1 heterocycles. The molecule has 3 rings (SSSR count). The van der Waals surface area contributed by atoms with Crippen molar-refractivity contribution < 1.29 is 8.42 Å². The van der Waals surface area contributed by atoms with Crippen LogP contribution in [0.25, 0.3) is 11.4 Å². The van der Waals surface area contributed by atoms with E-state index < -0.39 is 10.0 Å². The van der Waals surface area contributed by atoms with E-state index in [1.807, 2.05) is 30.3 Å². The van der Waals surface area contributed by atoms with Gasteiger partial charge in [0.25, 0.3) is 10.0 Å². The lowest BCUT2D eigenvalue weighted by Crippen LogP contribution is -2.15. The van der Waals surface area contributed by atoms with Gasteiger partial charge in [0, 0.05) is 12.1 Å². The van der Waals surface area contributed by atoms with Crippen LogP contribution >= 0.6 is 0 Å². The van der Waals surface area contributed by atoms with Crippen LogP contribution in [0.15, 0.2) is 71.9 Å². The second-order valence-corrected chi connectivity index (χ2v) is 6.76. The number of hydrogen-bond donors (Lipinski definition) is 2. The van der Waals surface area contributed by atoms with E-state index in [1.165, 1.54) is 12.4 Å². The molecule has 0 fully saturated rings. The molecule has 0 saturated heterocycles. The third-order valence-corrected chi connectivity index (χ3v) is 4.77. The maximum absolute atomic E-state index is 12.5. The molecule has 0 aliphatic rings. The van der Waals surface area contributed by atoms with E-state index in [9.17, 15) is 8.42 Å². The van der Waals surface area contributed by atoms with Gasteiger partial charge >= 0.3 is 0 Å². The van der Waals surface area contributed by atoms with Gasteiger partial charge in [-0.15, -0.1) is 0 Å². The number of hydrogen-bond acceptors (Lipinski definition) is 5. The molecule has 0 unspecified atom stereocenters. The summed E-state index contributed by atoms with van der Waals surface area (Å²) in [5.74, 6) is 0.469. The number of nitrogens with one attached hydrogen (secondary N) is 1. The molecule has 0 amide bonds. The summed E-state index contributed by atoms with van der Waals surface area (Å²) in [5, 5.41) is 0. The average Bonchev–Trinajstić information content (AvgIpc) is 2.63. The molecule has 0 atom stereocenters. The van der Waals surface area contributed by atoms with Crippen molar-refractivity contribution in [3.05, 3.63) is 72.6 Å². The first-order valence-electron chi connectivity index (χ1n) is 7.28.